The number of aliphatic imine (C=N–C) groups is 1. The van der Waals surface area contributed by atoms with Gasteiger partial charge in [-0.2, -0.15) is 0 Å². The van der Waals surface area contributed by atoms with Crippen LogP contribution in [0.2, 0.25) is 0 Å². The van der Waals surface area contributed by atoms with Crippen molar-refractivity contribution in [2.45, 2.75) is 26.7 Å². The minimum absolute atomic E-state index is 0. The number of ether oxygens (including phenoxy) is 2. The molecule has 160 valence electrons. The van der Waals surface area contributed by atoms with Crippen molar-refractivity contribution in [2.75, 3.05) is 45.8 Å². The van der Waals surface area contributed by atoms with E-state index >= 15 is 0 Å². The summed E-state index contributed by atoms with van der Waals surface area (Å²) >= 11 is 0. The Morgan fingerprint density at radius 1 is 1.21 bits per heavy atom. The van der Waals surface area contributed by atoms with Gasteiger partial charge in [0.05, 0.1) is 6.26 Å². The van der Waals surface area contributed by atoms with E-state index in [-0.39, 0.29) is 30.8 Å². The number of nitrogens with zero attached hydrogens (tertiary/aromatic N) is 2. The van der Waals surface area contributed by atoms with Gasteiger partial charge in [0.2, 0.25) is 16.8 Å². The third kappa shape index (κ3) is 8.00. The average Bonchev–Trinajstić information content (AvgIpc) is 3.08. The Morgan fingerprint density at radius 3 is 2.64 bits per heavy atom. The van der Waals surface area contributed by atoms with E-state index in [9.17, 15) is 8.42 Å². The van der Waals surface area contributed by atoms with Gasteiger partial charge in [-0.3, -0.25) is 4.99 Å². The molecule has 0 amide bonds. The number of halogens is 1. The van der Waals surface area contributed by atoms with Gasteiger partial charge in [-0.05, 0) is 37.5 Å². The van der Waals surface area contributed by atoms with E-state index < -0.39 is 10.0 Å². The van der Waals surface area contributed by atoms with Crippen LogP contribution in [-0.4, -0.2) is 64.5 Å². The molecule has 1 heterocycles. The lowest BCUT2D eigenvalue weighted by Crippen LogP contribution is -2.38. The topological polar surface area (TPSA) is 92.3 Å². The van der Waals surface area contributed by atoms with Gasteiger partial charge in [0.15, 0.2) is 17.5 Å². The Bertz CT molecular complexity index is 743. The zero-order chi connectivity index (χ0) is 19.7. The first-order chi connectivity index (χ1) is 12.9. The molecule has 1 aromatic carbocycles. The van der Waals surface area contributed by atoms with Gasteiger partial charge in [-0.15, -0.1) is 24.0 Å². The Balaban J connectivity index is 0.00000392. The average molecular weight is 526 g/mol. The van der Waals surface area contributed by atoms with E-state index in [4.69, 9.17) is 9.47 Å². The molecule has 2 N–H and O–H groups in total. The van der Waals surface area contributed by atoms with Crippen molar-refractivity contribution in [3.05, 3.63) is 23.8 Å². The van der Waals surface area contributed by atoms with Crippen molar-refractivity contribution in [3.63, 3.8) is 0 Å². The maximum Gasteiger partial charge on any atom is 0.231 e. The number of sulfonamides is 1. The van der Waals surface area contributed by atoms with Gasteiger partial charge in [0.25, 0.3) is 0 Å². The fourth-order valence-electron chi connectivity index (χ4n) is 2.76. The van der Waals surface area contributed by atoms with Crippen molar-refractivity contribution in [3.8, 4) is 11.5 Å². The second-order valence-electron chi connectivity index (χ2n) is 6.23. The summed E-state index contributed by atoms with van der Waals surface area (Å²) in [5, 5.41) is 6.51. The number of benzene rings is 1. The number of guanidine groups is 1. The summed E-state index contributed by atoms with van der Waals surface area (Å²) in [6.07, 6.45) is 2.75. The molecule has 0 saturated heterocycles. The fraction of sp³-hybridized carbons (Fsp3) is 0.611. The predicted octanol–water partition coefficient (Wildman–Crippen LogP) is 1.80. The molecular weight excluding hydrogens is 495 g/mol. The summed E-state index contributed by atoms with van der Waals surface area (Å²) in [4.78, 5) is 4.52. The minimum atomic E-state index is -3.14. The quantitative estimate of drug-likeness (QED) is 0.209. The van der Waals surface area contributed by atoms with Crippen molar-refractivity contribution < 1.29 is 17.9 Å². The van der Waals surface area contributed by atoms with Gasteiger partial charge >= 0.3 is 0 Å². The largest absolute Gasteiger partial charge is 0.454 e. The lowest BCUT2D eigenvalue weighted by molar-refractivity contribution is 0.174. The first-order valence-electron chi connectivity index (χ1n) is 9.29. The van der Waals surface area contributed by atoms with Crippen molar-refractivity contribution in [2.24, 2.45) is 4.99 Å². The summed E-state index contributed by atoms with van der Waals surface area (Å²) in [6, 6.07) is 5.96. The Morgan fingerprint density at radius 2 is 1.96 bits per heavy atom. The van der Waals surface area contributed by atoms with Crippen LogP contribution in [0.4, 0.5) is 0 Å². The highest BCUT2D eigenvalue weighted by atomic mass is 127. The highest BCUT2D eigenvalue weighted by Crippen LogP contribution is 2.32. The summed E-state index contributed by atoms with van der Waals surface area (Å²) in [7, 11) is -3.14. The third-order valence-electron chi connectivity index (χ3n) is 4.14. The van der Waals surface area contributed by atoms with Crippen molar-refractivity contribution >= 4 is 40.0 Å². The van der Waals surface area contributed by atoms with Crippen LogP contribution in [0.15, 0.2) is 23.2 Å². The standard InChI is InChI=1S/C18H30N4O4S.HI/c1-4-19-18(20-10-6-12-22(5-2)27(3,23)24)21-11-9-15-7-8-16-17(13-15)26-14-25-16;/h7-8,13H,4-6,9-12,14H2,1-3H3,(H2,19,20,21);1H. The number of rotatable bonds is 10. The number of hydrogen-bond donors (Lipinski definition) is 2. The zero-order valence-electron chi connectivity index (χ0n) is 16.7. The normalized spacial score (nSPS) is 13.4. The number of nitrogens with one attached hydrogen (secondary N) is 2. The molecule has 10 heteroatoms. The summed E-state index contributed by atoms with van der Waals surface area (Å²) in [5.41, 5.74) is 1.16. The third-order valence-corrected chi connectivity index (χ3v) is 5.52. The molecule has 0 radical (unpaired) electrons. The number of fused-ring (bicyclic) bond motifs is 1. The molecule has 28 heavy (non-hydrogen) atoms. The van der Waals surface area contributed by atoms with Gasteiger partial charge in [0, 0.05) is 32.7 Å². The Labute approximate surface area is 185 Å². The van der Waals surface area contributed by atoms with E-state index in [2.05, 4.69) is 15.6 Å². The summed E-state index contributed by atoms with van der Waals surface area (Å²) < 4.78 is 35.4. The number of hydrogen-bond acceptors (Lipinski definition) is 5. The highest BCUT2D eigenvalue weighted by Gasteiger charge is 2.14. The molecule has 0 fully saturated rings. The van der Waals surface area contributed by atoms with Gasteiger partial charge in [-0.25, -0.2) is 12.7 Å². The molecule has 0 bridgehead atoms. The maximum absolute atomic E-state index is 11.6. The van der Waals surface area contributed by atoms with Crippen LogP contribution in [0.3, 0.4) is 0 Å². The van der Waals surface area contributed by atoms with Crippen molar-refractivity contribution in [1.29, 1.82) is 0 Å². The van der Waals surface area contributed by atoms with Crippen molar-refractivity contribution in [1.82, 2.24) is 14.9 Å². The second kappa shape index (κ2) is 12.3. The molecule has 8 nitrogen and oxygen atoms in total. The monoisotopic (exact) mass is 526 g/mol. The molecule has 0 unspecified atom stereocenters. The van der Waals surface area contributed by atoms with E-state index in [0.29, 0.717) is 26.1 Å². The Hall–Kier alpha value is -1.27. The summed E-state index contributed by atoms with van der Waals surface area (Å²) in [5.74, 6) is 2.32. The van der Waals surface area contributed by atoms with Gasteiger partial charge in [0.1, 0.15) is 0 Å². The molecule has 2 rings (SSSR count). The van der Waals surface area contributed by atoms with Crippen LogP contribution in [0.1, 0.15) is 25.8 Å². The second-order valence-corrected chi connectivity index (χ2v) is 8.22. The summed E-state index contributed by atoms with van der Waals surface area (Å²) in [6.45, 7) is 7.15. The molecule has 1 aromatic rings. The van der Waals surface area contributed by atoms with E-state index in [1.807, 2.05) is 32.0 Å². The maximum atomic E-state index is 11.6. The molecule has 1 aliphatic rings. The Kier molecular flexibility index (Phi) is 10.9. The molecule has 1 aliphatic heterocycles. The van der Waals surface area contributed by atoms with E-state index in [1.54, 1.807) is 0 Å². The first-order valence-corrected chi connectivity index (χ1v) is 11.1. The fourth-order valence-corrected chi connectivity index (χ4v) is 3.69. The zero-order valence-corrected chi connectivity index (χ0v) is 19.9. The minimum Gasteiger partial charge on any atom is -0.454 e. The molecule has 0 saturated carbocycles. The van der Waals surface area contributed by atoms with E-state index in [1.165, 1.54) is 10.6 Å². The molecule has 0 aromatic heterocycles. The van der Waals surface area contributed by atoms with Gasteiger partial charge in [-0.1, -0.05) is 13.0 Å². The molecule has 0 aliphatic carbocycles. The predicted molar refractivity (Wildman–Crippen MR) is 122 cm³/mol. The van der Waals surface area contributed by atoms with Gasteiger partial charge < -0.3 is 20.1 Å². The van der Waals surface area contributed by atoms with E-state index in [0.717, 1.165) is 42.5 Å². The smallest absolute Gasteiger partial charge is 0.231 e. The van der Waals surface area contributed by atoms with Crippen LogP contribution < -0.4 is 20.1 Å². The highest BCUT2D eigenvalue weighted by molar-refractivity contribution is 14.0. The van der Waals surface area contributed by atoms with Crippen LogP contribution >= 0.6 is 24.0 Å². The van der Waals surface area contributed by atoms with Crippen LogP contribution in [0.5, 0.6) is 11.5 Å². The lowest BCUT2D eigenvalue weighted by Gasteiger charge is -2.17. The van der Waals surface area contributed by atoms with Crippen LogP contribution in [0.25, 0.3) is 0 Å². The molecule has 0 spiro atoms. The lowest BCUT2D eigenvalue weighted by atomic mass is 10.1. The SMILES string of the molecule is CCNC(=NCCCN(CC)S(C)(=O)=O)NCCc1ccc2c(c1)OCO2.I. The van der Waals surface area contributed by atoms with Crippen LogP contribution in [-0.2, 0) is 16.4 Å². The first kappa shape index (κ1) is 24.8. The molecule has 0 atom stereocenters. The van der Waals surface area contributed by atoms with Crippen LogP contribution in [0, 0.1) is 0 Å². The molecular formula is C18H31IN4O4S.